The smallest absolute Gasteiger partial charge is 0.338 e. The molecular formula is C35H27ClN4O7. The quantitative estimate of drug-likeness (QED) is 0.114. The molecule has 11 nitrogen and oxygen atoms in total. The van der Waals surface area contributed by atoms with Crippen LogP contribution in [-0.4, -0.2) is 56.9 Å². The van der Waals surface area contributed by atoms with Crippen LogP contribution in [0.2, 0.25) is 5.15 Å². The number of aromatic nitrogens is 3. The predicted octanol–water partition coefficient (Wildman–Crippen LogP) is 5.86. The van der Waals surface area contributed by atoms with Gasteiger partial charge in [-0.15, -0.1) is 0 Å². The summed E-state index contributed by atoms with van der Waals surface area (Å²) in [5.74, 6) is -1.78. The molecule has 5 aromatic rings. The number of hydrogen-bond acceptors (Lipinski definition) is 10. The third kappa shape index (κ3) is 6.16. The van der Waals surface area contributed by atoms with Gasteiger partial charge in [-0.1, -0.05) is 66.2 Å². The van der Waals surface area contributed by atoms with E-state index in [4.69, 9.17) is 30.5 Å². The van der Waals surface area contributed by atoms with Gasteiger partial charge in [-0.2, -0.15) is 5.26 Å². The van der Waals surface area contributed by atoms with Crippen molar-refractivity contribution in [2.45, 2.75) is 37.9 Å². The molecule has 0 saturated carbocycles. The summed E-state index contributed by atoms with van der Waals surface area (Å²) in [7, 11) is 0. The van der Waals surface area contributed by atoms with Crippen LogP contribution in [0.5, 0.6) is 0 Å². The fourth-order valence-corrected chi connectivity index (χ4v) is 5.84. The standard InChI is InChI=1S/C35H27ClN4O7/c1-21-38-29(36)27-25(18-37)19-40(30(27)39-21)34-35(2,47-33(43)24-16-10-5-11-17-24)28(46-32(42)23-14-8-4-9-15-23)26(45-34)20-44-31(41)22-12-6-3-7-13-22/h3-17,19,26,28,34H,20H2,1-2H3/t26-,28-,34-,35-/m1/s1. The van der Waals surface area contributed by atoms with Crippen LogP contribution < -0.4 is 0 Å². The molecule has 0 spiro atoms. The van der Waals surface area contributed by atoms with Gasteiger partial charge in [0.25, 0.3) is 0 Å². The van der Waals surface area contributed by atoms with E-state index in [2.05, 4.69) is 16.0 Å². The molecule has 1 saturated heterocycles. The van der Waals surface area contributed by atoms with Crippen LogP contribution in [0, 0.1) is 18.3 Å². The van der Waals surface area contributed by atoms with E-state index in [1.165, 1.54) is 10.8 Å². The van der Waals surface area contributed by atoms with Crippen molar-refractivity contribution in [1.82, 2.24) is 14.5 Å². The lowest BCUT2D eigenvalue weighted by Gasteiger charge is -2.35. The van der Waals surface area contributed by atoms with Crippen LogP contribution in [0.3, 0.4) is 0 Å². The second-order valence-corrected chi connectivity index (χ2v) is 11.3. The SMILES string of the molecule is Cc1nc(Cl)c2c(C#N)cn([C@@H]3O[C@H](COC(=O)c4ccccc4)[C@@H](OC(=O)c4ccccc4)[C@@]3(C)OC(=O)c3ccccc3)c2n1. The lowest BCUT2D eigenvalue weighted by Crippen LogP contribution is -2.50. The lowest BCUT2D eigenvalue weighted by molar-refractivity contribution is -0.108. The molecule has 3 heterocycles. The Morgan fingerprint density at radius 1 is 0.894 bits per heavy atom. The number of hydrogen-bond donors (Lipinski definition) is 0. The maximum absolute atomic E-state index is 13.7. The molecule has 236 valence electrons. The van der Waals surface area contributed by atoms with E-state index >= 15 is 0 Å². The minimum absolute atomic E-state index is 0.0455. The number of nitrogens with zero attached hydrogens (tertiary/aromatic N) is 4. The molecule has 6 rings (SSSR count). The van der Waals surface area contributed by atoms with Crippen molar-refractivity contribution in [3.05, 3.63) is 130 Å². The highest BCUT2D eigenvalue weighted by molar-refractivity contribution is 6.34. The fraction of sp³-hybridized carbons (Fsp3) is 0.200. The van der Waals surface area contributed by atoms with Crippen molar-refractivity contribution < 1.29 is 33.3 Å². The summed E-state index contributed by atoms with van der Waals surface area (Å²) in [5.41, 5.74) is -0.638. The first-order chi connectivity index (χ1) is 22.7. The van der Waals surface area contributed by atoms with Gasteiger partial charge in [-0.05, 0) is 50.2 Å². The van der Waals surface area contributed by atoms with Gasteiger partial charge in [0.05, 0.1) is 27.6 Å². The normalized spacial score (nSPS) is 20.3. The van der Waals surface area contributed by atoms with Crippen LogP contribution in [0.25, 0.3) is 11.0 Å². The molecule has 12 heteroatoms. The van der Waals surface area contributed by atoms with E-state index in [9.17, 15) is 19.6 Å². The van der Waals surface area contributed by atoms with E-state index in [0.717, 1.165) is 0 Å². The van der Waals surface area contributed by atoms with Gasteiger partial charge >= 0.3 is 17.9 Å². The lowest BCUT2D eigenvalue weighted by atomic mass is 9.95. The first-order valence-corrected chi connectivity index (χ1v) is 14.9. The van der Waals surface area contributed by atoms with Crippen LogP contribution in [0.15, 0.2) is 97.2 Å². The molecule has 0 aliphatic carbocycles. The highest BCUT2D eigenvalue weighted by Gasteiger charge is 2.60. The summed E-state index contributed by atoms with van der Waals surface area (Å²) in [6, 6.07) is 27.0. The molecule has 0 bridgehead atoms. The predicted molar refractivity (Wildman–Crippen MR) is 169 cm³/mol. The van der Waals surface area contributed by atoms with Crippen LogP contribution >= 0.6 is 11.6 Å². The maximum atomic E-state index is 13.7. The van der Waals surface area contributed by atoms with Gasteiger partial charge in [0.2, 0.25) is 0 Å². The molecule has 1 aliphatic heterocycles. The summed E-state index contributed by atoms with van der Waals surface area (Å²) in [6.45, 7) is 2.80. The maximum Gasteiger partial charge on any atom is 0.338 e. The Morgan fingerprint density at radius 3 is 2.02 bits per heavy atom. The summed E-state index contributed by atoms with van der Waals surface area (Å²) >= 11 is 6.47. The number of benzene rings is 3. The van der Waals surface area contributed by atoms with Crippen molar-refractivity contribution >= 4 is 40.5 Å². The fourth-order valence-electron chi connectivity index (χ4n) is 5.53. The van der Waals surface area contributed by atoms with Crippen molar-refractivity contribution in [3.8, 4) is 6.07 Å². The molecule has 47 heavy (non-hydrogen) atoms. The van der Waals surface area contributed by atoms with Gasteiger partial charge in [-0.25, -0.2) is 24.4 Å². The Labute approximate surface area is 274 Å². The van der Waals surface area contributed by atoms with E-state index in [0.29, 0.717) is 11.4 Å². The molecule has 1 aliphatic rings. The largest absolute Gasteiger partial charge is 0.459 e. The summed E-state index contributed by atoms with van der Waals surface area (Å²) in [5, 5.41) is 10.3. The molecule has 0 radical (unpaired) electrons. The van der Waals surface area contributed by atoms with Gasteiger partial charge < -0.3 is 23.5 Å². The zero-order valence-corrected chi connectivity index (χ0v) is 26.0. The summed E-state index contributed by atoms with van der Waals surface area (Å²) in [6.07, 6.45) is -2.26. The Kier molecular flexibility index (Phi) is 8.72. The topological polar surface area (TPSA) is 143 Å². The summed E-state index contributed by atoms with van der Waals surface area (Å²) in [4.78, 5) is 48.9. The monoisotopic (exact) mass is 650 g/mol. The van der Waals surface area contributed by atoms with Crippen molar-refractivity contribution in [3.63, 3.8) is 0 Å². The number of nitriles is 1. The number of ether oxygens (including phenoxy) is 4. The highest BCUT2D eigenvalue weighted by atomic mass is 35.5. The van der Waals surface area contributed by atoms with Gasteiger partial charge in [-0.3, -0.25) is 0 Å². The number of fused-ring (bicyclic) bond motifs is 1. The Balaban J connectivity index is 1.47. The Hall–Kier alpha value is -5.57. The zero-order valence-electron chi connectivity index (χ0n) is 25.2. The Morgan fingerprint density at radius 2 is 1.45 bits per heavy atom. The molecule has 0 amide bonds. The van der Waals surface area contributed by atoms with Crippen LogP contribution in [0.4, 0.5) is 0 Å². The van der Waals surface area contributed by atoms with E-state index in [1.54, 1.807) is 105 Å². The van der Waals surface area contributed by atoms with Crippen molar-refractivity contribution in [1.29, 1.82) is 5.26 Å². The van der Waals surface area contributed by atoms with Gasteiger partial charge in [0.1, 0.15) is 35.4 Å². The minimum Gasteiger partial charge on any atom is -0.459 e. The average Bonchev–Trinajstić information content (AvgIpc) is 3.58. The Bertz CT molecular complexity index is 2000. The van der Waals surface area contributed by atoms with Gasteiger partial charge in [0, 0.05) is 6.20 Å². The van der Waals surface area contributed by atoms with E-state index in [-0.39, 0.29) is 39.5 Å². The number of esters is 3. The van der Waals surface area contributed by atoms with E-state index < -0.39 is 41.9 Å². The number of carbonyl (C=O) groups is 3. The first-order valence-electron chi connectivity index (χ1n) is 14.6. The number of halogens is 1. The molecule has 0 unspecified atom stereocenters. The molecular weight excluding hydrogens is 624 g/mol. The minimum atomic E-state index is -1.77. The molecule has 3 aromatic carbocycles. The van der Waals surface area contributed by atoms with Crippen LogP contribution in [-0.2, 0) is 18.9 Å². The third-order valence-corrected chi connectivity index (χ3v) is 8.04. The van der Waals surface area contributed by atoms with Crippen molar-refractivity contribution in [2.75, 3.05) is 6.61 Å². The number of carbonyl (C=O) groups excluding carboxylic acids is 3. The zero-order chi connectivity index (χ0) is 33.1. The molecule has 0 N–H and O–H groups in total. The van der Waals surface area contributed by atoms with Gasteiger partial charge in [0.15, 0.2) is 17.9 Å². The number of rotatable bonds is 8. The second-order valence-electron chi connectivity index (χ2n) is 10.9. The van der Waals surface area contributed by atoms with Crippen LogP contribution in [0.1, 0.15) is 55.6 Å². The average molecular weight is 651 g/mol. The molecule has 2 aromatic heterocycles. The summed E-state index contributed by atoms with van der Waals surface area (Å²) < 4.78 is 25.9. The molecule has 1 fully saturated rings. The number of aryl methyl sites for hydroxylation is 1. The molecule has 4 atom stereocenters. The second kappa shape index (κ2) is 13.0. The highest BCUT2D eigenvalue weighted by Crippen LogP contribution is 2.46. The van der Waals surface area contributed by atoms with Crippen molar-refractivity contribution in [2.24, 2.45) is 0 Å². The first kappa shape index (κ1) is 31.4. The van der Waals surface area contributed by atoms with E-state index in [1.807, 2.05) is 0 Å². The third-order valence-electron chi connectivity index (χ3n) is 7.76.